The first kappa shape index (κ1) is 24.4. The van der Waals surface area contributed by atoms with Crippen molar-refractivity contribution in [3.05, 3.63) is 53.6 Å². The molecule has 0 radical (unpaired) electrons. The summed E-state index contributed by atoms with van der Waals surface area (Å²) in [6.07, 6.45) is 2.92. The number of pyridine rings is 1. The number of carbonyl (C=O) groups excluding carboxylic acids is 2. The van der Waals surface area contributed by atoms with Gasteiger partial charge in [0.2, 0.25) is 0 Å². The molecular weight excluding hydrogens is 425 g/mol. The van der Waals surface area contributed by atoms with Gasteiger partial charge < -0.3 is 20.3 Å². The Kier molecular flexibility index (Phi) is 8.21. The minimum atomic E-state index is -0.542. The van der Waals surface area contributed by atoms with Crippen LogP contribution >= 0.6 is 0 Å². The van der Waals surface area contributed by atoms with Crippen molar-refractivity contribution in [1.29, 1.82) is 0 Å². The number of likely N-dealkylation sites (N-methyl/N-ethyl adjacent to an activating group) is 1. The SMILES string of the molecule is Cc1ccc(NC(=O)Nc2cc(CN3CCC[C@H](N(C)C(=O)OC(C)C)C3)ccc2F)cn1. The number of benzene rings is 1. The second-order valence-electron chi connectivity index (χ2n) is 8.66. The van der Waals surface area contributed by atoms with Crippen LogP contribution in [0.5, 0.6) is 0 Å². The van der Waals surface area contributed by atoms with Crippen LogP contribution in [0.4, 0.5) is 25.4 Å². The van der Waals surface area contributed by atoms with Crippen molar-refractivity contribution in [3.63, 3.8) is 0 Å². The topological polar surface area (TPSA) is 86.8 Å². The number of hydrogen-bond donors (Lipinski definition) is 2. The number of urea groups is 1. The number of ether oxygens (including phenoxy) is 1. The Morgan fingerprint density at radius 1 is 1.27 bits per heavy atom. The van der Waals surface area contributed by atoms with Crippen molar-refractivity contribution in [2.24, 2.45) is 0 Å². The quantitative estimate of drug-likeness (QED) is 0.661. The molecule has 1 aromatic carbocycles. The summed E-state index contributed by atoms with van der Waals surface area (Å²) in [6.45, 7) is 7.68. The van der Waals surface area contributed by atoms with Crippen molar-refractivity contribution in [3.8, 4) is 0 Å². The lowest BCUT2D eigenvalue weighted by Crippen LogP contribution is -2.48. The third-order valence-corrected chi connectivity index (χ3v) is 5.51. The minimum absolute atomic E-state index is 0.0527. The lowest BCUT2D eigenvalue weighted by Gasteiger charge is -2.37. The van der Waals surface area contributed by atoms with Crippen LogP contribution in [0.2, 0.25) is 0 Å². The fourth-order valence-corrected chi connectivity index (χ4v) is 3.78. The number of nitrogens with one attached hydrogen (secondary N) is 2. The van der Waals surface area contributed by atoms with E-state index in [1.54, 1.807) is 42.4 Å². The van der Waals surface area contributed by atoms with Gasteiger partial charge in [0, 0.05) is 31.9 Å². The fraction of sp³-hybridized carbons (Fsp3) is 0.458. The third kappa shape index (κ3) is 7.15. The molecule has 1 aromatic heterocycles. The zero-order chi connectivity index (χ0) is 24.0. The predicted octanol–water partition coefficient (Wildman–Crippen LogP) is 4.61. The molecule has 3 rings (SSSR count). The Balaban J connectivity index is 1.60. The number of carbonyl (C=O) groups is 2. The first-order valence-corrected chi connectivity index (χ1v) is 11.2. The molecule has 2 aromatic rings. The first-order chi connectivity index (χ1) is 15.7. The van der Waals surface area contributed by atoms with Crippen molar-refractivity contribution < 1.29 is 18.7 Å². The van der Waals surface area contributed by atoms with Gasteiger partial charge in [-0.05, 0) is 70.0 Å². The second kappa shape index (κ2) is 11.1. The van der Waals surface area contributed by atoms with E-state index in [1.807, 2.05) is 20.8 Å². The standard InChI is InChI=1S/C24H32FN5O3/c1-16(2)33-24(32)29(4)20-6-5-11-30(15-20)14-18-8-10-21(25)22(12-18)28-23(31)27-19-9-7-17(3)26-13-19/h7-10,12-13,16,20H,5-6,11,14-15H2,1-4H3,(H2,27,28,31)/t20-/m0/s1. The lowest BCUT2D eigenvalue weighted by molar-refractivity contribution is 0.0534. The van der Waals surface area contributed by atoms with Gasteiger partial charge in [-0.3, -0.25) is 9.88 Å². The number of hydrogen-bond acceptors (Lipinski definition) is 5. The molecule has 0 saturated carbocycles. The molecule has 0 aliphatic carbocycles. The maximum Gasteiger partial charge on any atom is 0.410 e. The van der Waals surface area contributed by atoms with E-state index in [4.69, 9.17) is 4.74 Å². The van der Waals surface area contributed by atoms with Gasteiger partial charge in [0.15, 0.2) is 0 Å². The number of aryl methyl sites for hydroxylation is 1. The Morgan fingerprint density at radius 3 is 2.76 bits per heavy atom. The molecule has 1 atom stereocenters. The van der Waals surface area contributed by atoms with Crippen molar-refractivity contribution >= 4 is 23.5 Å². The number of amides is 3. The second-order valence-corrected chi connectivity index (χ2v) is 8.66. The van der Waals surface area contributed by atoms with Crippen molar-refractivity contribution in [2.75, 3.05) is 30.8 Å². The Labute approximate surface area is 194 Å². The van der Waals surface area contributed by atoms with Crippen LogP contribution < -0.4 is 10.6 Å². The van der Waals surface area contributed by atoms with Gasteiger partial charge in [0.1, 0.15) is 5.82 Å². The first-order valence-electron chi connectivity index (χ1n) is 11.2. The van der Waals surface area contributed by atoms with E-state index in [2.05, 4.69) is 20.5 Å². The van der Waals surface area contributed by atoms with E-state index in [1.165, 1.54) is 6.07 Å². The normalized spacial score (nSPS) is 16.4. The van der Waals surface area contributed by atoms with Gasteiger partial charge in [-0.2, -0.15) is 0 Å². The highest BCUT2D eigenvalue weighted by atomic mass is 19.1. The van der Waals surface area contributed by atoms with E-state index in [-0.39, 0.29) is 23.9 Å². The molecule has 0 bridgehead atoms. The van der Waals surface area contributed by atoms with E-state index >= 15 is 0 Å². The predicted molar refractivity (Wildman–Crippen MR) is 126 cm³/mol. The molecule has 0 spiro atoms. The summed E-state index contributed by atoms with van der Waals surface area (Å²) in [6, 6.07) is 7.73. The van der Waals surface area contributed by atoms with Gasteiger partial charge in [-0.25, -0.2) is 14.0 Å². The molecule has 8 nitrogen and oxygen atoms in total. The summed E-state index contributed by atoms with van der Waals surface area (Å²) in [4.78, 5) is 32.6. The number of nitrogens with zero attached hydrogens (tertiary/aromatic N) is 3. The van der Waals surface area contributed by atoms with Crippen LogP contribution in [0.1, 0.15) is 37.9 Å². The smallest absolute Gasteiger partial charge is 0.410 e. The maximum atomic E-state index is 14.3. The van der Waals surface area contributed by atoms with Crippen LogP contribution in [-0.2, 0) is 11.3 Å². The number of rotatable bonds is 6. The van der Waals surface area contributed by atoms with E-state index in [9.17, 15) is 14.0 Å². The molecule has 178 valence electrons. The van der Waals surface area contributed by atoms with Crippen molar-refractivity contribution in [1.82, 2.24) is 14.8 Å². The summed E-state index contributed by atoms with van der Waals surface area (Å²) in [5.74, 6) is -0.511. The van der Waals surface area contributed by atoms with Crippen LogP contribution in [-0.4, -0.2) is 59.2 Å². The molecule has 33 heavy (non-hydrogen) atoms. The van der Waals surface area contributed by atoms with E-state index < -0.39 is 11.8 Å². The van der Waals surface area contributed by atoms with E-state index in [0.717, 1.165) is 30.6 Å². The van der Waals surface area contributed by atoms with Gasteiger partial charge in [0.25, 0.3) is 0 Å². The molecule has 3 amide bonds. The van der Waals surface area contributed by atoms with Gasteiger partial charge in [0.05, 0.1) is 23.7 Å². The van der Waals surface area contributed by atoms with Gasteiger partial charge >= 0.3 is 12.1 Å². The summed E-state index contributed by atoms with van der Waals surface area (Å²) in [5.41, 5.74) is 2.34. The molecule has 2 heterocycles. The summed E-state index contributed by atoms with van der Waals surface area (Å²) in [7, 11) is 1.76. The number of likely N-dealkylation sites (tertiary alicyclic amines) is 1. The zero-order valence-corrected chi connectivity index (χ0v) is 19.6. The van der Waals surface area contributed by atoms with E-state index in [0.29, 0.717) is 18.8 Å². The average molecular weight is 458 g/mol. The summed E-state index contributed by atoms with van der Waals surface area (Å²) < 4.78 is 19.6. The Hall–Kier alpha value is -3.20. The lowest BCUT2D eigenvalue weighted by atomic mass is 10.0. The van der Waals surface area contributed by atoms with Gasteiger partial charge in [-0.15, -0.1) is 0 Å². The highest BCUT2D eigenvalue weighted by Crippen LogP contribution is 2.22. The summed E-state index contributed by atoms with van der Waals surface area (Å²) in [5, 5.41) is 5.22. The molecule has 1 aliphatic rings. The summed E-state index contributed by atoms with van der Waals surface area (Å²) >= 11 is 0. The number of piperidine rings is 1. The number of aromatic nitrogens is 1. The maximum absolute atomic E-state index is 14.3. The molecule has 1 saturated heterocycles. The molecule has 0 unspecified atom stereocenters. The molecule has 1 fully saturated rings. The Morgan fingerprint density at radius 2 is 2.06 bits per heavy atom. The number of halogens is 1. The third-order valence-electron chi connectivity index (χ3n) is 5.51. The van der Waals surface area contributed by atoms with Crippen LogP contribution in [0.25, 0.3) is 0 Å². The largest absolute Gasteiger partial charge is 0.447 e. The van der Waals surface area contributed by atoms with Crippen LogP contribution in [0, 0.1) is 12.7 Å². The van der Waals surface area contributed by atoms with Crippen molar-refractivity contribution in [2.45, 2.75) is 52.3 Å². The highest BCUT2D eigenvalue weighted by molar-refractivity contribution is 5.99. The fourth-order valence-electron chi connectivity index (χ4n) is 3.78. The number of anilines is 2. The van der Waals surface area contributed by atoms with Crippen LogP contribution in [0.15, 0.2) is 36.5 Å². The van der Waals surface area contributed by atoms with Gasteiger partial charge in [-0.1, -0.05) is 6.07 Å². The zero-order valence-electron chi connectivity index (χ0n) is 19.6. The van der Waals surface area contributed by atoms with Crippen LogP contribution in [0.3, 0.4) is 0 Å². The monoisotopic (exact) mass is 457 g/mol. The minimum Gasteiger partial charge on any atom is -0.447 e. The average Bonchev–Trinajstić information content (AvgIpc) is 2.77. The molecular formula is C24H32FN5O3. The Bertz CT molecular complexity index is 967. The molecule has 2 N–H and O–H groups in total. The molecule has 1 aliphatic heterocycles. The molecule has 9 heteroatoms. The highest BCUT2D eigenvalue weighted by Gasteiger charge is 2.27.